The van der Waals surface area contributed by atoms with E-state index in [-0.39, 0.29) is 24.5 Å². The summed E-state index contributed by atoms with van der Waals surface area (Å²) in [6.45, 7) is 7.44. The third-order valence-electron chi connectivity index (χ3n) is 2.00. The first kappa shape index (κ1) is 13.4. The van der Waals surface area contributed by atoms with Crippen LogP contribution in [0.2, 0.25) is 0 Å². The van der Waals surface area contributed by atoms with Crippen molar-refractivity contribution in [3.63, 3.8) is 0 Å². The number of carbonyl (C=O) groups is 1. The predicted octanol–water partition coefficient (Wildman–Crippen LogP) is 0.119. The molecule has 0 rings (SSSR count). The highest BCUT2D eigenvalue weighted by Gasteiger charge is 2.08. The van der Waals surface area contributed by atoms with Gasteiger partial charge in [-0.15, -0.1) is 0 Å². The smallest absolute Gasteiger partial charge is 0.221 e. The van der Waals surface area contributed by atoms with Crippen LogP contribution in [0.25, 0.3) is 0 Å². The van der Waals surface area contributed by atoms with Crippen LogP contribution in [0.4, 0.5) is 0 Å². The number of aliphatic hydroxyl groups is 1. The van der Waals surface area contributed by atoms with E-state index in [1.165, 1.54) is 0 Å². The molecule has 0 saturated carbocycles. The van der Waals surface area contributed by atoms with Crippen molar-refractivity contribution in [1.82, 2.24) is 10.6 Å². The van der Waals surface area contributed by atoms with Gasteiger partial charge in [0.15, 0.2) is 0 Å². The lowest BCUT2D eigenvalue weighted by Gasteiger charge is -2.13. The largest absolute Gasteiger partial charge is 0.396 e. The molecule has 0 fully saturated rings. The van der Waals surface area contributed by atoms with Crippen molar-refractivity contribution >= 4 is 5.91 Å². The SMILES string of the molecule is CCNC(C)CC(=O)NCC(C)CO. The lowest BCUT2D eigenvalue weighted by Crippen LogP contribution is -2.35. The molecule has 0 heterocycles. The summed E-state index contributed by atoms with van der Waals surface area (Å²) in [6.07, 6.45) is 0.492. The second-order valence-electron chi connectivity index (χ2n) is 3.75. The minimum absolute atomic E-state index is 0.0405. The molecule has 0 aromatic carbocycles. The van der Waals surface area contributed by atoms with Crippen molar-refractivity contribution in [3.05, 3.63) is 0 Å². The summed E-state index contributed by atoms with van der Waals surface area (Å²) in [5.41, 5.74) is 0. The molecule has 14 heavy (non-hydrogen) atoms. The molecule has 0 aromatic heterocycles. The molecule has 84 valence electrons. The molecule has 2 atom stereocenters. The Hall–Kier alpha value is -0.610. The maximum Gasteiger partial charge on any atom is 0.221 e. The van der Waals surface area contributed by atoms with Gasteiger partial charge in [0, 0.05) is 25.6 Å². The fourth-order valence-electron chi connectivity index (χ4n) is 1.12. The highest BCUT2D eigenvalue weighted by molar-refractivity contribution is 5.76. The summed E-state index contributed by atoms with van der Waals surface area (Å²) in [6, 6.07) is 0.212. The van der Waals surface area contributed by atoms with E-state index in [4.69, 9.17) is 5.11 Å². The molecule has 2 unspecified atom stereocenters. The minimum Gasteiger partial charge on any atom is -0.396 e. The van der Waals surface area contributed by atoms with Crippen molar-refractivity contribution in [3.8, 4) is 0 Å². The Morgan fingerprint density at radius 2 is 2.07 bits per heavy atom. The van der Waals surface area contributed by atoms with E-state index < -0.39 is 0 Å². The number of carbonyl (C=O) groups excluding carboxylic acids is 1. The van der Waals surface area contributed by atoms with Gasteiger partial charge < -0.3 is 15.7 Å². The van der Waals surface area contributed by atoms with Gasteiger partial charge in [-0.25, -0.2) is 0 Å². The van der Waals surface area contributed by atoms with Gasteiger partial charge in [-0.1, -0.05) is 13.8 Å². The van der Waals surface area contributed by atoms with E-state index in [1.807, 2.05) is 20.8 Å². The molecule has 0 aliphatic carbocycles. The highest BCUT2D eigenvalue weighted by Crippen LogP contribution is 1.92. The normalized spacial score (nSPS) is 14.9. The third kappa shape index (κ3) is 6.86. The second kappa shape index (κ2) is 7.76. The van der Waals surface area contributed by atoms with Crippen LogP contribution in [0.15, 0.2) is 0 Å². The number of rotatable bonds is 7. The van der Waals surface area contributed by atoms with Crippen LogP contribution in [0.1, 0.15) is 27.2 Å². The van der Waals surface area contributed by atoms with Gasteiger partial charge in [0.2, 0.25) is 5.91 Å². The maximum atomic E-state index is 11.3. The molecular weight excluding hydrogens is 180 g/mol. The fraction of sp³-hybridized carbons (Fsp3) is 0.900. The Morgan fingerprint density at radius 1 is 1.43 bits per heavy atom. The molecule has 4 nitrogen and oxygen atoms in total. The Kier molecular flexibility index (Phi) is 7.42. The number of aliphatic hydroxyl groups excluding tert-OH is 1. The van der Waals surface area contributed by atoms with Gasteiger partial charge in [0.05, 0.1) is 0 Å². The van der Waals surface area contributed by atoms with Crippen LogP contribution in [0.3, 0.4) is 0 Å². The molecule has 0 bridgehead atoms. The summed E-state index contributed by atoms with van der Waals surface area (Å²) in [7, 11) is 0. The number of nitrogens with one attached hydrogen (secondary N) is 2. The molecule has 0 aliphatic heterocycles. The quantitative estimate of drug-likeness (QED) is 0.549. The lowest BCUT2D eigenvalue weighted by atomic mass is 10.2. The van der Waals surface area contributed by atoms with Crippen molar-refractivity contribution in [2.75, 3.05) is 19.7 Å². The Labute approximate surface area is 86.1 Å². The summed E-state index contributed by atoms with van der Waals surface area (Å²) >= 11 is 0. The first-order valence-electron chi connectivity index (χ1n) is 5.21. The molecule has 0 aliphatic rings. The number of hydrogen-bond acceptors (Lipinski definition) is 3. The molecule has 0 aromatic rings. The Morgan fingerprint density at radius 3 is 2.57 bits per heavy atom. The van der Waals surface area contributed by atoms with Gasteiger partial charge in [-0.2, -0.15) is 0 Å². The zero-order valence-corrected chi connectivity index (χ0v) is 9.34. The topological polar surface area (TPSA) is 61.4 Å². The van der Waals surface area contributed by atoms with Crippen LogP contribution in [0, 0.1) is 5.92 Å². The average molecular weight is 202 g/mol. The van der Waals surface area contributed by atoms with E-state index in [0.717, 1.165) is 6.54 Å². The van der Waals surface area contributed by atoms with Gasteiger partial charge in [-0.3, -0.25) is 4.79 Å². The van der Waals surface area contributed by atoms with Gasteiger partial charge in [-0.05, 0) is 19.4 Å². The monoisotopic (exact) mass is 202 g/mol. The molecule has 0 radical (unpaired) electrons. The minimum atomic E-state index is 0.0405. The zero-order chi connectivity index (χ0) is 11.0. The van der Waals surface area contributed by atoms with Crippen LogP contribution >= 0.6 is 0 Å². The third-order valence-corrected chi connectivity index (χ3v) is 2.00. The molecule has 3 N–H and O–H groups in total. The van der Waals surface area contributed by atoms with E-state index in [1.54, 1.807) is 0 Å². The van der Waals surface area contributed by atoms with Crippen molar-refractivity contribution in [2.45, 2.75) is 33.2 Å². The molecule has 0 spiro atoms. The van der Waals surface area contributed by atoms with Crippen LogP contribution in [0.5, 0.6) is 0 Å². The summed E-state index contributed by atoms with van der Waals surface area (Å²) < 4.78 is 0. The Balaban J connectivity index is 3.54. The van der Waals surface area contributed by atoms with Crippen LogP contribution in [-0.4, -0.2) is 36.8 Å². The van der Waals surface area contributed by atoms with Crippen LogP contribution < -0.4 is 10.6 Å². The van der Waals surface area contributed by atoms with Gasteiger partial charge >= 0.3 is 0 Å². The fourth-order valence-corrected chi connectivity index (χ4v) is 1.12. The van der Waals surface area contributed by atoms with E-state index in [2.05, 4.69) is 10.6 Å². The maximum absolute atomic E-state index is 11.3. The summed E-state index contributed by atoms with van der Waals surface area (Å²) in [5.74, 6) is 0.173. The van der Waals surface area contributed by atoms with Crippen molar-refractivity contribution < 1.29 is 9.90 Å². The Bertz CT molecular complexity index is 162. The van der Waals surface area contributed by atoms with Crippen molar-refractivity contribution in [1.29, 1.82) is 0 Å². The van der Waals surface area contributed by atoms with E-state index in [9.17, 15) is 4.79 Å². The second-order valence-corrected chi connectivity index (χ2v) is 3.75. The first-order valence-corrected chi connectivity index (χ1v) is 5.21. The lowest BCUT2D eigenvalue weighted by molar-refractivity contribution is -0.121. The molecular formula is C10H22N2O2. The number of amides is 1. The molecule has 4 heteroatoms. The standard InChI is InChI=1S/C10H22N2O2/c1-4-11-9(3)5-10(14)12-6-8(2)7-13/h8-9,11,13H,4-7H2,1-3H3,(H,12,14). The van der Waals surface area contributed by atoms with Crippen molar-refractivity contribution in [2.24, 2.45) is 5.92 Å². The van der Waals surface area contributed by atoms with E-state index >= 15 is 0 Å². The van der Waals surface area contributed by atoms with Gasteiger partial charge in [0.25, 0.3) is 0 Å². The van der Waals surface area contributed by atoms with Crippen LogP contribution in [-0.2, 0) is 4.79 Å². The predicted molar refractivity (Wildman–Crippen MR) is 57.0 cm³/mol. The zero-order valence-electron chi connectivity index (χ0n) is 9.34. The van der Waals surface area contributed by atoms with E-state index in [0.29, 0.717) is 13.0 Å². The average Bonchev–Trinajstić information content (AvgIpc) is 2.14. The number of hydrogen-bond donors (Lipinski definition) is 3. The summed E-state index contributed by atoms with van der Waals surface area (Å²) in [5, 5.41) is 14.7. The summed E-state index contributed by atoms with van der Waals surface area (Å²) in [4.78, 5) is 11.3. The first-order chi connectivity index (χ1) is 6.60. The highest BCUT2D eigenvalue weighted by atomic mass is 16.3. The van der Waals surface area contributed by atoms with Gasteiger partial charge in [0.1, 0.15) is 0 Å². The molecule has 1 amide bonds. The molecule has 0 saturated heterocycles.